The maximum Gasteiger partial charge on any atom is 0.198 e. The Kier molecular flexibility index (Phi) is 4.67. The lowest BCUT2D eigenvalue weighted by molar-refractivity contribution is 0.457. The molecule has 0 aliphatic heterocycles. The van der Waals surface area contributed by atoms with Crippen LogP contribution in [0.4, 0.5) is 5.69 Å². The second-order valence-electron chi connectivity index (χ2n) is 7.29. The number of aromatic amines is 1. The molecule has 1 aromatic heterocycles. The van der Waals surface area contributed by atoms with Gasteiger partial charge in [-0.1, -0.05) is 57.5 Å². The Morgan fingerprint density at radius 2 is 1.64 bits per heavy atom. The summed E-state index contributed by atoms with van der Waals surface area (Å²) in [6.07, 6.45) is 1.79. The number of fused-ring (bicyclic) bond motifs is 1. The highest BCUT2D eigenvalue weighted by Crippen LogP contribution is 2.35. The summed E-state index contributed by atoms with van der Waals surface area (Å²) in [6.45, 7) is 10.8. The standard InChI is InChI=1S/C22H26N2O/c1-13(2)16-7-6-8-17(14(3)4)21(16)23-12-19-18-11-15(5)9-10-20(18)24-22(19)25/h6-14,24-25H,1-5H3. The van der Waals surface area contributed by atoms with Crippen molar-refractivity contribution in [3.63, 3.8) is 0 Å². The number of aromatic nitrogens is 1. The predicted molar refractivity (Wildman–Crippen MR) is 107 cm³/mol. The molecule has 0 saturated carbocycles. The highest BCUT2D eigenvalue weighted by molar-refractivity contribution is 6.03. The predicted octanol–water partition coefficient (Wildman–Crippen LogP) is 6.18. The first-order valence-corrected chi connectivity index (χ1v) is 8.86. The minimum Gasteiger partial charge on any atom is -0.494 e. The SMILES string of the molecule is Cc1ccc2[nH]c(O)c(C=Nc3c(C(C)C)cccc3C(C)C)c2c1. The number of hydrogen-bond acceptors (Lipinski definition) is 2. The number of nitrogens with zero attached hydrogens (tertiary/aromatic N) is 1. The van der Waals surface area contributed by atoms with E-state index in [-0.39, 0.29) is 5.88 Å². The number of aromatic hydroxyl groups is 1. The van der Waals surface area contributed by atoms with Gasteiger partial charge in [0.1, 0.15) is 0 Å². The molecule has 0 spiro atoms. The van der Waals surface area contributed by atoms with Crippen molar-refractivity contribution < 1.29 is 5.11 Å². The van der Waals surface area contributed by atoms with Crippen LogP contribution in [0.25, 0.3) is 10.9 Å². The maximum absolute atomic E-state index is 10.3. The van der Waals surface area contributed by atoms with E-state index in [1.54, 1.807) is 6.21 Å². The summed E-state index contributed by atoms with van der Waals surface area (Å²) < 4.78 is 0. The molecule has 3 rings (SSSR count). The number of hydrogen-bond donors (Lipinski definition) is 2. The summed E-state index contributed by atoms with van der Waals surface area (Å²) in [4.78, 5) is 7.86. The monoisotopic (exact) mass is 334 g/mol. The van der Waals surface area contributed by atoms with Gasteiger partial charge in [0, 0.05) is 17.1 Å². The van der Waals surface area contributed by atoms with Crippen LogP contribution >= 0.6 is 0 Å². The molecule has 1 heterocycles. The molecular weight excluding hydrogens is 308 g/mol. The fourth-order valence-electron chi connectivity index (χ4n) is 3.23. The van der Waals surface area contributed by atoms with Crippen molar-refractivity contribution in [3.8, 4) is 5.88 Å². The molecule has 0 saturated heterocycles. The summed E-state index contributed by atoms with van der Waals surface area (Å²) in [5.41, 5.74) is 6.31. The average Bonchev–Trinajstić information content (AvgIpc) is 2.87. The molecule has 0 aliphatic carbocycles. The number of nitrogens with one attached hydrogen (secondary N) is 1. The van der Waals surface area contributed by atoms with Crippen molar-refractivity contribution in [1.82, 2.24) is 4.98 Å². The molecule has 25 heavy (non-hydrogen) atoms. The quantitative estimate of drug-likeness (QED) is 0.550. The summed E-state index contributed by atoms with van der Waals surface area (Å²) >= 11 is 0. The zero-order valence-corrected chi connectivity index (χ0v) is 15.6. The van der Waals surface area contributed by atoms with E-state index in [2.05, 4.69) is 63.9 Å². The van der Waals surface area contributed by atoms with Crippen LogP contribution in [-0.2, 0) is 0 Å². The number of aliphatic imine (C=N–C) groups is 1. The topological polar surface area (TPSA) is 48.4 Å². The van der Waals surface area contributed by atoms with Crippen LogP contribution in [0.2, 0.25) is 0 Å². The molecule has 0 radical (unpaired) electrons. The molecule has 2 N–H and O–H groups in total. The van der Waals surface area contributed by atoms with Gasteiger partial charge < -0.3 is 10.1 Å². The zero-order valence-electron chi connectivity index (χ0n) is 15.6. The Morgan fingerprint density at radius 1 is 1.00 bits per heavy atom. The molecule has 0 bridgehead atoms. The molecule has 0 atom stereocenters. The molecule has 0 fully saturated rings. The molecule has 3 aromatic rings. The van der Waals surface area contributed by atoms with Gasteiger partial charge in [0.2, 0.25) is 0 Å². The highest BCUT2D eigenvalue weighted by Gasteiger charge is 2.14. The Hall–Kier alpha value is -2.55. The average molecular weight is 334 g/mol. The van der Waals surface area contributed by atoms with E-state index in [9.17, 15) is 5.11 Å². The highest BCUT2D eigenvalue weighted by atomic mass is 16.3. The number of aryl methyl sites for hydroxylation is 1. The van der Waals surface area contributed by atoms with Gasteiger partial charge in [-0.15, -0.1) is 0 Å². The van der Waals surface area contributed by atoms with Gasteiger partial charge in [0.05, 0.1) is 11.3 Å². The van der Waals surface area contributed by atoms with Crippen molar-refractivity contribution in [2.75, 3.05) is 0 Å². The Bertz CT molecular complexity index is 906. The van der Waals surface area contributed by atoms with Crippen molar-refractivity contribution >= 4 is 22.8 Å². The summed E-state index contributed by atoms with van der Waals surface area (Å²) in [6, 6.07) is 12.5. The minimum atomic E-state index is 0.164. The van der Waals surface area contributed by atoms with Gasteiger partial charge >= 0.3 is 0 Å². The number of rotatable bonds is 4. The Balaban J connectivity index is 2.15. The van der Waals surface area contributed by atoms with Gasteiger partial charge in [-0.3, -0.25) is 4.99 Å². The largest absolute Gasteiger partial charge is 0.494 e. The van der Waals surface area contributed by atoms with Crippen LogP contribution in [0.1, 0.15) is 61.8 Å². The normalized spacial score (nSPS) is 12.1. The molecule has 130 valence electrons. The molecule has 0 aliphatic rings. The van der Waals surface area contributed by atoms with Gasteiger partial charge in [-0.05, 0) is 42.0 Å². The number of H-pyrrole nitrogens is 1. The van der Waals surface area contributed by atoms with E-state index >= 15 is 0 Å². The van der Waals surface area contributed by atoms with Crippen LogP contribution in [0.3, 0.4) is 0 Å². The van der Waals surface area contributed by atoms with Gasteiger partial charge in [0.25, 0.3) is 0 Å². The molecule has 3 heteroatoms. The van der Waals surface area contributed by atoms with Crippen LogP contribution in [0.5, 0.6) is 5.88 Å². The van der Waals surface area contributed by atoms with Gasteiger partial charge in [0.15, 0.2) is 5.88 Å². The van der Waals surface area contributed by atoms with Crippen LogP contribution < -0.4 is 0 Å². The first-order valence-electron chi connectivity index (χ1n) is 8.86. The van der Waals surface area contributed by atoms with E-state index in [1.807, 2.05) is 12.1 Å². The summed E-state index contributed by atoms with van der Waals surface area (Å²) in [5, 5.41) is 11.3. The molecule has 2 aromatic carbocycles. The third kappa shape index (κ3) is 3.32. The lowest BCUT2D eigenvalue weighted by Crippen LogP contribution is -1.95. The minimum absolute atomic E-state index is 0.164. The fraction of sp³-hybridized carbons (Fsp3) is 0.318. The van der Waals surface area contributed by atoms with E-state index in [4.69, 9.17) is 4.99 Å². The van der Waals surface area contributed by atoms with Crippen LogP contribution in [0, 0.1) is 6.92 Å². The smallest absolute Gasteiger partial charge is 0.198 e. The van der Waals surface area contributed by atoms with Crippen molar-refractivity contribution in [1.29, 1.82) is 0 Å². The van der Waals surface area contributed by atoms with E-state index in [0.717, 1.165) is 27.7 Å². The molecular formula is C22H26N2O. The number of para-hydroxylation sites is 1. The molecule has 0 unspecified atom stereocenters. The molecule has 3 nitrogen and oxygen atoms in total. The van der Waals surface area contributed by atoms with Crippen molar-refractivity contribution in [3.05, 3.63) is 58.7 Å². The Morgan fingerprint density at radius 3 is 2.24 bits per heavy atom. The Labute approximate surface area is 149 Å². The zero-order chi connectivity index (χ0) is 18.1. The summed E-state index contributed by atoms with van der Waals surface area (Å²) in [5.74, 6) is 0.951. The fourth-order valence-corrected chi connectivity index (χ4v) is 3.23. The number of benzene rings is 2. The summed E-state index contributed by atoms with van der Waals surface area (Å²) in [7, 11) is 0. The second-order valence-corrected chi connectivity index (χ2v) is 7.29. The third-order valence-electron chi connectivity index (χ3n) is 4.64. The molecule has 0 amide bonds. The third-order valence-corrected chi connectivity index (χ3v) is 4.64. The lowest BCUT2D eigenvalue weighted by atomic mass is 9.93. The first-order chi connectivity index (χ1) is 11.9. The van der Waals surface area contributed by atoms with Crippen LogP contribution in [0.15, 0.2) is 41.4 Å². The maximum atomic E-state index is 10.3. The van der Waals surface area contributed by atoms with E-state index in [0.29, 0.717) is 11.8 Å². The first kappa shape index (κ1) is 17.3. The van der Waals surface area contributed by atoms with E-state index < -0.39 is 0 Å². The van der Waals surface area contributed by atoms with Crippen molar-refractivity contribution in [2.45, 2.75) is 46.5 Å². The van der Waals surface area contributed by atoms with Crippen molar-refractivity contribution in [2.24, 2.45) is 4.99 Å². The lowest BCUT2D eigenvalue weighted by Gasteiger charge is -2.16. The van der Waals surface area contributed by atoms with Crippen LogP contribution in [-0.4, -0.2) is 16.3 Å². The van der Waals surface area contributed by atoms with E-state index in [1.165, 1.54) is 11.1 Å². The van der Waals surface area contributed by atoms with Gasteiger partial charge in [-0.25, -0.2) is 0 Å². The second kappa shape index (κ2) is 6.75. The van der Waals surface area contributed by atoms with Gasteiger partial charge in [-0.2, -0.15) is 0 Å².